The van der Waals surface area contributed by atoms with E-state index < -0.39 is 0 Å². The minimum Gasteiger partial charge on any atom is -0.354 e. The lowest BCUT2D eigenvalue weighted by atomic mass is 10.1. The van der Waals surface area contributed by atoms with Gasteiger partial charge in [-0.3, -0.25) is 4.90 Å². The number of hydrogen-bond donors (Lipinski definition) is 0. The Labute approximate surface area is 117 Å². The highest BCUT2D eigenvalue weighted by molar-refractivity contribution is 14.1. The second-order valence-corrected chi connectivity index (χ2v) is 6.73. The van der Waals surface area contributed by atoms with Gasteiger partial charge in [0.2, 0.25) is 0 Å². The lowest BCUT2D eigenvalue weighted by Gasteiger charge is -2.42. The first-order valence-electron chi connectivity index (χ1n) is 6.08. The Morgan fingerprint density at radius 3 is 2.24 bits per heavy atom. The van der Waals surface area contributed by atoms with Gasteiger partial charge in [-0.1, -0.05) is 0 Å². The zero-order chi connectivity index (χ0) is 12.5. The maximum Gasteiger partial charge on any atom is 0.128 e. The van der Waals surface area contributed by atoms with Crippen LogP contribution in [0.5, 0.6) is 0 Å². The number of nitrogens with zero attached hydrogens (tertiary/aromatic N) is 3. The van der Waals surface area contributed by atoms with Crippen LogP contribution in [0, 0.1) is 3.57 Å². The van der Waals surface area contributed by atoms with Crippen molar-refractivity contribution in [3.8, 4) is 0 Å². The summed E-state index contributed by atoms with van der Waals surface area (Å²) in [5.74, 6) is 1.11. The molecule has 0 amide bonds. The van der Waals surface area contributed by atoms with Crippen LogP contribution in [0.15, 0.2) is 18.3 Å². The number of rotatable bonds is 1. The fourth-order valence-corrected chi connectivity index (χ4v) is 2.48. The molecule has 0 saturated carbocycles. The third kappa shape index (κ3) is 3.31. The first kappa shape index (κ1) is 13.1. The number of pyridine rings is 1. The van der Waals surface area contributed by atoms with E-state index in [-0.39, 0.29) is 5.54 Å². The highest BCUT2D eigenvalue weighted by Gasteiger charge is 2.26. The maximum absolute atomic E-state index is 4.49. The van der Waals surface area contributed by atoms with Crippen molar-refractivity contribution in [2.45, 2.75) is 26.3 Å². The summed E-state index contributed by atoms with van der Waals surface area (Å²) in [7, 11) is 0. The molecular formula is C13H20IN3. The maximum atomic E-state index is 4.49. The molecular weight excluding hydrogens is 325 g/mol. The van der Waals surface area contributed by atoms with E-state index in [2.05, 4.69) is 70.3 Å². The molecule has 3 nitrogen and oxygen atoms in total. The van der Waals surface area contributed by atoms with E-state index in [0.29, 0.717) is 0 Å². The van der Waals surface area contributed by atoms with Crippen LogP contribution < -0.4 is 4.90 Å². The van der Waals surface area contributed by atoms with Crippen molar-refractivity contribution >= 4 is 28.4 Å². The van der Waals surface area contributed by atoms with Gasteiger partial charge in [0.1, 0.15) is 5.82 Å². The second kappa shape index (κ2) is 5.10. The second-order valence-electron chi connectivity index (χ2n) is 5.48. The van der Waals surface area contributed by atoms with Gasteiger partial charge in [-0.2, -0.15) is 0 Å². The summed E-state index contributed by atoms with van der Waals surface area (Å²) in [5.41, 5.74) is 0.283. The van der Waals surface area contributed by atoms with Crippen molar-refractivity contribution in [3.63, 3.8) is 0 Å². The SMILES string of the molecule is CC(C)(C)N1CCN(c2ccc(I)cn2)CC1. The average molecular weight is 345 g/mol. The zero-order valence-electron chi connectivity index (χ0n) is 10.8. The minimum atomic E-state index is 0.283. The van der Waals surface area contributed by atoms with Crippen molar-refractivity contribution in [1.29, 1.82) is 0 Å². The summed E-state index contributed by atoms with van der Waals surface area (Å²) >= 11 is 2.29. The van der Waals surface area contributed by atoms with Gasteiger partial charge in [0.25, 0.3) is 0 Å². The molecule has 0 aromatic carbocycles. The number of halogens is 1. The summed E-state index contributed by atoms with van der Waals surface area (Å²) in [6, 6.07) is 4.24. The van der Waals surface area contributed by atoms with Gasteiger partial charge in [0.15, 0.2) is 0 Å². The normalized spacial score (nSPS) is 18.5. The molecule has 1 aromatic heterocycles. The smallest absolute Gasteiger partial charge is 0.128 e. The van der Waals surface area contributed by atoms with E-state index >= 15 is 0 Å². The molecule has 0 bridgehead atoms. The molecule has 2 rings (SSSR count). The standard InChI is InChI=1S/C13H20IN3/c1-13(2,3)17-8-6-16(7-9-17)12-5-4-11(14)10-15-12/h4-5,10H,6-9H2,1-3H3. The van der Waals surface area contributed by atoms with Crippen molar-refractivity contribution in [2.75, 3.05) is 31.1 Å². The fraction of sp³-hybridized carbons (Fsp3) is 0.615. The summed E-state index contributed by atoms with van der Waals surface area (Å²) in [6.45, 7) is 11.2. The predicted octanol–water partition coefficient (Wildman–Crippen LogP) is 2.61. The summed E-state index contributed by atoms with van der Waals surface area (Å²) in [5, 5.41) is 0. The molecule has 94 valence electrons. The van der Waals surface area contributed by atoms with E-state index in [4.69, 9.17) is 0 Å². The van der Waals surface area contributed by atoms with Crippen LogP contribution in [-0.4, -0.2) is 41.6 Å². The highest BCUT2D eigenvalue weighted by Crippen LogP contribution is 2.19. The molecule has 0 unspecified atom stereocenters. The quantitative estimate of drug-likeness (QED) is 0.730. The van der Waals surface area contributed by atoms with Crippen molar-refractivity contribution in [3.05, 3.63) is 21.9 Å². The van der Waals surface area contributed by atoms with Crippen LogP contribution in [-0.2, 0) is 0 Å². The molecule has 1 aliphatic rings. The van der Waals surface area contributed by atoms with E-state index in [9.17, 15) is 0 Å². The van der Waals surface area contributed by atoms with Crippen molar-refractivity contribution in [2.24, 2.45) is 0 Å². The Morgan fingerprint density at radius 2 is 1.76 bits per heavy atom. The van der Waals surface area contributed by atoms with E-state index in [1.54, 1.807) is 0 Å². The van der Waals surface area contributed by atoms with Gasteiger partial charge in [-0.25, -0.2) is 4.98 Å². The summed E-state index contributed by atoms with van der Waals surface area (Å²) in [4.78, 5) is 9.40. The van der Waals surface area contributed by atoms with Gasteiger partial charge in [-0.15, -0.1) is 0 Å². The Bertz CT molecular complexity index is 361. The molecule has 0 N–H and O–H groups in total. The van der Waals surface area contributed by atoms with Crippen molar-refractivity contribution in [1.82, 2.24) is 9.88 Å². The Hall–Kier alpha value is -0.360. The Morgan fingerprint density at radius 1 is 1.12 bits per heavy atom. The van der Waals surface area contributed by atoms with E-state index in [0.717, 1.165) is 32.0 Å². The first-order valence-corrected chi connectivity index (χ1v) is 7.16. The molecule has 1 aromatic rings. The third-order valence-electron chi connectivity index (χ3n) is 3.26. The molecule has 17 heavy (non-hydrogen) atoms. The topological polar surface area (TPSA) is 19.4 Å². The molecule has 1 saturated heterocycles. The molecule has 2 heterocycles. The number of anilines is 1. The molecule has 0 radical (unpaired) electrons. The van der Waals surface area contributed by atoms with Crippen LogP contribution in [0.1, 0.15) is 20.8 Å². The monoisotopic (exact) mass is 345 g/mol. The van der Waals surface area contributed by atoms with Gasteiger partial charge in [0, 0.05) is 41.5 Å². The Balaban J connectivity index is 1.97. The highest BCUT2D eigenvalue weighted by atomic mass is 127. The zero-order valence-corrected chi connectivity index (χ0v) is 12.9. The number of piperazine rings is 1. The lowest BCUT2D eigenvalue weighted by Crippen LogP contribution is -2.53. The average Bonchev–Trinajstić information content (AvgIpc) is 2.29. The van der Waals surface area contributed by atoms with E-state index in [1.807, 2.05) is 6.20 Å². The van der Waals surface area contributed by atoms with Crippen LogP contribution >= 0.6 is 22.6 Å². The van der Waals surface area contributed by atoms with Crippen LogP contribution in [0.2, 0.25) is 0 Å². The van der Waals surface area contributed by atoms with Gasteiger partial charge < -0.3 is 4.90 Å². The van der Waals surface area contributed by atoms with Crippen molar-refractivity contribution < 1.29 is 0 Å². The Kier molecular flexibility index (Phi) is 3.92. The van der Waals surface area contributed by atoms with Crippen LogP contribution in [0.25, 0.3) is 0 Å². The third-order valence-corrected chi connectivity index (χ3v) is 3.90. The van der Waals surface area contributed by atoms with Gasteiger partial charge in [0.05, 0.1) is 0 Å². The number of aromatic nitrogens is 1. The van der Waals surface area contributed by atoms with Gasteiger partial charge in [-0.05, 0) is 55.5 Å². The molecule has 0 atom stereocenters. The first-order chi connectivity index (χ1) is 7.97. The van der Waals surface area contributed by atoms with Crippen LogP contribution in [0.4, 0.5) is 5.82 Å². The molecule has 1 fully saturated rings. The van der Waals surface area contributed by atoms with E-state index in [1.165, 1.54) is 3.57 Å². The largest absolute Gasteiger partial charge is 0.354 e. The summed E-state index contributed by atoms with van der Waals surface area (Å²) < 4.78 is 1.19. The molecule has 1 aliphatic heterocycles. The predicted molar refractivity (Wildman–Crippen MR) is 80.5 cm³/mol. The lowest BCUT2D eigenvalue weighted by molar-refractivity contribution is 0.128. The number of hydrogen-bond acceptors (Lipinski definition) is 3. The van der Waals surface area contributed by atoms with Crippen LogP contribution in [0.3, 0.4) is 0 Å². The van der Waals surface area contributed by atoms with Gasteiger partial charge >= 0.3 is 0 Å². The molecule has 0 spiro atoms. The molecule has 0 aliphatic carbocycles. The fourth-order valence-electron chi connectivity index (χ4n) is 2.16. The minimum absolute atomic E-state index is 0.283. The summed E-state index contributed by atoms with van der Waals surface area (Å²) in [6.07, 6.45) is 1.94. The molecule has 4 heteroatoms.